The van der Waals surface area contributed by atoms with Gasteiger partial charge < -0.3 is 9.67 Å². The largest absolute Gasteiger partial charge is 0.476 e. The van der Waals surface area contributed by atoms with Crippen molar-refractivity contribution in [2.75, 3.05) is 0 Å². The van der Waals surface area contributed by atoms with Crippen LogP contribution in [0, 0.1) is 7.05 Å². The molecule has 0 amide bonds. The summed E-state index contributed by atoms with van der Waals surface area (Å²) in [5, 5.41) is 8.29. The molecule has 0 atom stereocenters. The molecule has 0 unspecified atom stereocenters. The molecular weight excluding hydrogens is 120 g/mol. The molecule has 0 aliphatic heterocycles. The summed E-state index contributed by atoms with van der Waals surface area (Å²) in [6.45, 7) is 0. The Morgan fingerprint density at radius 2 is 2.56 bits per heavy atom. The Morgan fingerprint density at radius 1 is 1.89 bits per heavy atom. The highest BCUT2D eigenvalue weighted by atomic mass is 16.4. The fourth-order valence-corrected chi connectivity index (χ4v) is 0.471. The fraction of sp³-hybridized carbons (Fsp3) is 0. The smallest absolute Gasteiger partial charge is 0.356 e. The average Bonchev–Trinajstić information content (AvgIpc) is 2.14. The monoisotopic (exact) mass is 125 g/mol. The zero-order valence-electron chi connectivity index (χ0n) is 4.61. The molecule has 0 saturated carbocycles. The molecule has 1 aromatic heterocycles. The maximum Gasteiger partial charge on any atom is 0.356 e. The quantitative estimate of drug-likeness (QED) is 0.584. The lowest BCUT2D eigenvalue weighted by molar-refractivity contribution is 0.0691. The summed E-state index contributed by atoms with van der Waals surface area (Å²) in [7, 11) is 3.41. The predicted octanol–water partition coefficient (Wildman–Crippen LogP) is 0.221. The topological polar surface area (TPSA) is 55.1 Å². The Morgan fingerprint density at radius 3 is 2.78 bits per heavy atom. The van der Waals surface area contributed by atoms with E-state index in [1.807, 2.05) is 0 Å². The van der Waals surface area contributed by atoms with E-state index in [2.05, 4.69) is 12.0 Å². The van der Waals surface area contributed by atoms with Crippen LogP contribution in [-0.4, -0.2) is 20.6 Å². The van der Waals surface area contributed by atoms with Crippen molar-refractivity contribution in [1.82, 2.24) is 9.55 Å². The van der Waals surface area contributed by atoms with Crippen LogP contribution in [0.5, 0.6) is 0 Å². The highest BCUT2D eigenvalue weighted by Crippen LogP contribution is 1.92. The molecule has 1 heterocycles. The fourth-order valence-electron chi connectivity index (χ4n) is 0.471. The van der Waals surface area contributed by atoms with Crippen molar-refractivity contribution >= 4 is 5.97 Å². The summed E-state index contributed by atoms with van der Waals surface area (Å²) in [6, 6.07) is 0. The lowest BCUT2D eigenvalue weighted by Crippen LogP contribution is -1.94. The number of nitrogens with zero attached hydrogens (tertiary/aromatic N) is 2. The van der Waals surface area contributed by atoms with Crippen molar-refractivity contribution in [1.29, 1.82) is 0 Å². The van der Waals surface area contributed by atoms with Gasteiger partial charge in [-0.15, -0.1) is 0 Å². The maximum absolute atomic E-state index is 10.1. The molecule has 4 nitrogen and oxygen atoms in total. The Hall–Kier alpha value is -1.32. The number of imidazole rings is 1. The molecule has 0 fully saturated rings. The number of rotatable bonds is 1. The van der Waals surface area contributed by atoms with Crippen molar-refractivity contribution in [3.8, 4) is 0 Å². The summed E-state index contributed by atoms with van der Waals surface area (Å²) >= 11 is 0. The second-order valence-electron chi connectivity index (χ2n) is 1.58. The van der Waals surface area contributed by atoms with E-state index in [1.165, 1.54) is 17.1 Å². The second kappa shape index (κ2) is 1.89. The van der Waals surface area contributed by atoms with Crippen LogP contribution in [0.15, 0.2) is 12.5 Å². The van der Waals surface area contributed by atoms with Gasteiger partial charge in [-0.25, -0.2) is 9.78 Å². The molecule has 0 aliphatic rings. The van der Waals surface area contributed by atoms with E-state index in [0.29, 0.717) is 0 Å². The van der Waals surface area contributed by atoms with Gasteiger partial charge in [0, 0.05) is 13.2 Å². The Kier molecular flexibility index (Phi) is 1.22. The SMILES string of the molecule is [CH2]n1cnc(C(=O)O)c1. The molecule has 47 valence electrons. The molecule has 1 aromatic rings. The molecule has 0 saturated heterocycles. The van der Waals surface area contributed by atoms with Gasteiger partial charge in [-0.05, 0) is 0 Å². The van der Waals surface area contributed by atoms with Crippen molar-refractivity contribution < 1.29 is 9.90 Å². The van der Waals surface area contributed by atoms with Crippen molar-refractivity contribution in [2.24, 2.45) is 0 Å². The summed E-state index contributed by atoms with van der Waals surface area (Å²) in [4.78, 5) is 13.6. The predicted molar refractivity (Wildman–Crippen MR) is 29.9 cm³/mol. The van der Waals surface area contributed by atoms with E-state index in [-0.39, 0.29) is 5.69 Å². The Bertz CT molecular complexity index is 229. The standard InChI is InChI=1S/C5H5N2O2/c1-7-2-4(5(8)9)6-3-7/h2-3H,1H2,(H,8,9). The second-order valence-corrected chi connectivity index (χ2v) is 1.58. The normalized spacial score (nSPS) is 9.44. The van der Waals surface area contributed by atoms with Crippen LogP contribution in [0.25, 0.3) is 0 Å². The zero-order valence-corrected chi connectivity index (χ0v) is 4.61. The Balaban J connectivity index is 2.98. The first-order valence-electron chi connectivity index (χ1n) is 2.28. The third-order valence-electron chi connectivity index (χ3n) is 0.852. The van der Waals surface area contributed by atoms with Crippen LogP contribution in [0.1, 0.15) is 10.5 Å². The minimum Gasteiger partial charge on any atom is -0.476 e. The Labute approximate surface area is 51.8 Å². The number of aromatic carboxylic acids is 1. The summed E-state index contributed by atoms with van der Waals surface area (Å²) in [5.74, 6) is -1.03. The molecule has 0 aromatic carbocycles. The first-order chi connectivity index (χ1) is 4.20. The van der Waals surface area contributed by atoms with E-state index in [4.69, 9.17) is 5.11 Å². The van der Waals surface area contributed by atoms with E-state index < -0.39 is 5.97 Å². The third kappa shape index (κ3) is 1.07. The van der Waals surface area contributed by atoms with E-state index in [9.17, 15) is 4.79 Å². The van der Waals surface area contributed by atoms with Crippen LogP contribution >= 0.6 is 0 Å². The van der Waals surface area contributed by atoms with Gasteiger partial charge in [-0.3, -0.25) is 0 Å². The van der Waals surface area contributed by atoms with E-state index >= 15 is 0 Å². The first-order valence-corrected chi connectivity index (χ1v) is 2.28. The summed E-state index contributed by atoms with van der Waals surface area (Å²) in [6.07, 6.45) is 2.67. The van der Waals surface area contributed by atoms with Crippen molar-refractivity contribution in [2.45, 2.75) is 0 Å². The molecule has 1 rings (SSSR count). The van der Waals surface area contributed by atoms with Crippen LogP contribution in [-0.2, 0) is 0 Å². The van der Waals surface area contributed by atoms with Crippen molar-refractivity contribution in [3.05, 3.63) is 25.3 Å². The highest BCUT2D eigenvalue weighted by Gasteiger charge is 2.03. The van der Waals surface area contributed by atoms with E-state index in [1.54, 1.807) is 0 Å². The van der Waals surface area contributed by atoms with Gasteiger partial charge in [0.2, 0.25) is 0 Å². The molecule has 1 radical (unpaired) electrons. The van der Waals surface area contributed by atoms with Gasteiger partial charge in [0.1, 0.15) is 0 Å². The lowest BCUT2D eigenvalue weighted by atomic mass is 10.5. The molecule has 0 spiro atoms. The van der Waals surface area contributed by atoms with Crippen LogP contribution < -0.4 is 0 Å². The minimum atomic E-state index is -1.03. The zero-order chi connectivity index (χ0) is 6.85. The minimum absolute atomic E-state index is 0.0185. The van der Waals surface area contributed by atoms with Gasteiger partial charge in [-0.2, -0.15) is 0 Å². The molecular formula is C5H5N2O2. The number of carboxylic acids is 1. The molecule has 1 N–H and O–H groups in total. The number of hydrogen-bond acceptors (Lipinski definition) is 2. The molecule has 0 aliphatic carbocycles. The van der Waals surface area contributed by atoms with Crippen LogP contribution in [0.4, 0.5) is 0 Å². The van der Waals surface area contributed by atoms with Gasteiger partial charge in [0.15, 0.2) is 5.69 Å². The first kappa shape index (κ1) is 5.81. The van der Waals surface area contributed by atoms with Crippen LogP contribution in [0.2, 0.25) is 0 Å². The van der Waals surface area contributed by atoms with Gasteiger partial charge in [0.25, 0.3) is 0 Å². The van der Waals surface area contributed by atoms with Gasteiger partial charge >= 0.3 is 5.97 Å². The number of carboxylic acid groups (broad SMARTS) is 1. The van der Waals surface area contributed by atoms with Crippen molar-refractivity contribution in [3.63, 3.8) is 0 Å². The van der Waals surface area contributed by atoms with Crippen LogP contribution in [0.3, 0.4) is 0 Å². The van der Waals surface area contributed by atoms with Gasteiger partial charge in [-0.1, -0.05) is 0 Å². The lowest BCUT2D eigenvalue weighted by Gasteiger charge is -1.80. The average molecular weight is 125 g/mol. The number of aromatic nitrogens is 2. The van der Waals surface area contributed by atoms with E-state index in [0.717, 1.165) is 0 Å². The van der Waals surface area contributed by atoms with Gasteiger partial charge in [0.05, 0.1) is 6.33 Å². The third-order valence-corrected chi connectivity index (χ3v) is 0.852. The summed E-state index contributed by atoms with van der Waals surface area (Å²) < 4.78 is 1.34. The molecule has 9 heavy (non-hydrogen) atoms. The molecule has 0 bridgehead atoms. The number of hydrogen-bond donors (Lipinski definition) is 1. The molecule has 4 heteroatoms. The summed E-state index contributed by atoms with van der Waals surface area (Å²) in [5.41, 5.74) is 0.0185. The maximum atomic E-state index is 10.1. The highest BCUT2D eigenvalue weighted by molar-refractivity contribution is 5.84. The number of carbonyl (C=O) groups is 1.